The van der Waals surface area contributed by atoms with E-state index in [1.54, 1.807) is 0 Å². The van der Waals surface area contributed by atoms with Gasteiger partial charge in [0.1, 0.15) is 0 Å². The van der Waals surface area contributed by atoms with E-state index < -0.39 is 0 Å². The third kappa shape index (κ3) is 6.46. The molecule has 2 N–H and O–H groups in total. The highest BCUT2D eigenvalue weighted by atomic mass is 127. The largest absolute Gasteiger partial charge is 0.357 e. The van der Waals surface area contributed by atoms with Gasteiger partial charge in [-0.2, -0.15) is 0 Å². The van der Waals surface area contributed by atoms with Crippen LogP contribution in [0.5, 0.6) is 0 Å². The van der Waals surface area contributed by atoms with Gasteiger partial charge >= 0.3 is 0 Å². The summed E-state index contributed by atoms with van der Waals surface area (Å²) in [5.41, 5.74) is 0. The average molecular weight is 391 g/mol. The molecule has 4 heteroatoms. The first-order chi connectivity index (χ1) is 9.38. The summed E-state index contributed by atoms with van der Waals surface area (Å²) < 4.78 is 0. The Hall–Kier alpha value is -0.260. The first-order valence-corrected chi connectivity index (χ1v) is 8.08. The van der Waals surface area contributed by atoms with Gasteiger partial charge in [-0.3, -0.25) is 4.99 Å². The third-order valence-corrected chi connectivity index (χ3v) is 4.21. The topological polar surface area (TPSA) is 36.4 Å². The molecular weight excluding hydrogens is 361 g/mol. The predicted octanol–water partition coefficient (Wildman–Crippen LogP) is 3.85. The monoisotopic (exact) mass is 391 g/mol. The highest BCUT2D eigenvalue weighted by Crippen LogP contribution is 2.28. The highest BCUT2D eigenvalue weighted by molar-refractivity contribution is 14.0. The van der Waals surface area contributed by atoms with Crippen molar-refractivity contribution in [2.45, 2.75) is 64.3 Å². The molecule has 3 nitrogen and oxygen atoms in total. The number of aliphatic imine (C=N–C) groups is 1. The van der Waals surface area contributed by atoms with E-state index >= 15 is 0 Å². The van der Waals surface area contributed by atoms with Crippen molar-refractivity contribution < 1.29 is 0 Å². The molecule has 0 amide bonds. The van der Waals surface area contributed by atoms with Crippen LogP contribution in [0.15, 0.2) is 17.1 Å². The van der Waals surface area contributed by atoms with E-state index in [1.165, 1.54) is 38.5 Å². The SMILES string of the molecule is CCNC(=NCCCC1CCCC1)NC1CC=CC1.I. The Morgan fingerprint density at radius 2 is 1.90 bits per heavy atom. The minimum absolute atomic E-state index is 0. The molecule has 0 saturated heterocycles. The van der Waals surface area contributed by atoms with Crippen molar-refractivity contribution in [2.75, 3.05) is 13.1 Å². The van der Waals surface area contributed by atoms with Gasteiger partial charge in [-0.15, -0.1) is 24.0 Å². The Bertz CT molecular complexity index is 301. The van der Waals surface area contributed by atoms with Crippen LogP contribution in [0.1, 0.15) is 58.3 Å². The molecule has 0 heterocycles. The predicted molar refractivity (Wildman–Crippen MR) is 97.9 cm³/mol. The molecule has 0 aromatic rings. The molecule has 2 aliphatic carbocycles. The molecule has 0 aromatic heterocycles. The standard InChI is InChI=1S/C16H29N3.HI/c1-2-17-16(19-15-11-5-6-12-15)18-13-7-10-14-8-3-4-9-14;/h5-6,14-15H,2-4,7-13H2,1H3,(H2,17,18,19);1H. The van der Waals surface area contributed by atoms with Crippen LogP contribution in [0.25, 0.3) is 0 Å². The molecule has 0 bridgehead atoms. The molecular formula is C16H30IN3. The van der Waals surface area contributed by atoms with Gasteiger partial charge in [-0.1, -0.05) is 37.8 Å². The van der Waals surface area contributed by atoms with Gasteiger partial charge in [0.25, 0.3) is 0 Å². The zero-order chi connectivity index (χ0) is 13.3. The maximum absolute atomic E-state index is 4.70. The maximum atomic E-state index is 4.70. The molecule has 2 aliphatic rings. The fourth-order valence-corrected chi connectivity index (χ4v) is 3.12. The van der Waals surface area contributed by atoms with Gasteiger partial charge in [0.2, 0.25) is 0 Å². The smallest absolute Gasteiger partial charge is 0.191 e. The third-order valence-electron chi connectivity index (χ3n) is 4.21. The summed E-state index contributed by atoms with van der Waals surface area (Å²) in [5.74, 6) is 1.99. The number of rotatable bonds is 6. The van der Waals surface area contributed by atoms with Gasteiger partial charge in [-0.05, 0) is 38.5 Å². The van der Waals surface area contributed by atoms with Crippen molar-refractivity contribution in [2.24, 2.45) is 10.9 Å². The van der Waals surface area contributed by atoms with Crippen molar-refractivity contribution in [3.63, 3.8) is 0 Å². The van der Waals surface area contributed by atoms with Crippen molar-refractivity contribution in [1.29, 1.82) is 0 Å². The first kappa shape index (κ1) is 17.8. The first-order valence-electron chi connectivity index (χ1n) is 8.08. The van der Waals surface area contributed by atoms with E-state index in [-0.39, 0.29) is 24.0 Å². The lowest BCUT2D eigenvalue weighted by atomic mass is 10.0. The Kier molecular flexibility index (Phi) is 9.31. The minimum Gasteiger partial charge on any atom is -0.357 e. The van der Waals surface area contributed by atoms with E-state index in [0.717, 1.165) is 37.8 Å². The normalized spacial score (nSPS) is 20.1. The number of nitrogens with zero attached hydrogens (tertiary/aromatic N) is 1. The van der Waals surface area contributed by atoms with Gasteiger partial charge in [0.15, 0.2) is 5.96 Å². The summed E-state index contributed by atoms with van der Waals surface area (Å²) in [5, 5.41) is 6.87. The van der Waals surface area contributed by atoms with Crippen molar-refractivity contribution in [3.8, 4) is 0 Å². The van der Waals surface area contributed by atoms with Gasteiger partial charge in [-0.25, -0.2) is 0 Å². The quantitative estimate of drug-likeness (QED) is 0.237. The van der Waals surface area contributed by atoms with Gasteiger partial charge < -0.3 is 10.6 Å². The number of hydrogen-bond acceptors (Lipinski definition) is 1. The molecule has 0 aliphatic heterocycles. The van der Waals surface area contributed by atoms with Crippen molar-refractivity contribution >= 4 is 29.9 Å². The van der Waals surface area contributed by atoms with E-state index in [9.17, 15) is 0 Å². The second kappa shape index (κ2) is 10.5. The van der Waals surface area contributed by atoms with Gasteiger partial charge in [0, 0.05) is 19.1 Å². The Morgan fingerprint density at radius 3 is 2.55 bits per heavy atom. The van der Waals surface area contributed by atoms with Crippen LogP contribution in [-0.2, 0) is 0 Å². The lowest BCUT2D eigenvalue weighted by Crippen LogP contribution is -2.42. The number of nitrogens with one attached hydrogen (secondary N) is 2. The summed E-state index contributed by atoms with van der Waals surface area (Å²) in [6, 6.07) is 0.549. The van der Waals surface area contributed by atoms with E-state index in [2.05, 4.69) is 29.7 Å². The highest BCUT2D eigenvalue weighted by Gasteiger charge is 2.14. The molecule has 0 spiro atoms. The average Bonchev–Trinajstić information content (AvgIpc) is 3.08. The summed E-state index contributed by atoms with van der Waals surface area (Å²) in [4.78, 5) is 4.70. The van der Waals surface area contributed by atoms with Crippen LogP contribution in [0.4, 0.5) is 0 Å². The van der Waals surface area contributed by atoms with Crippen molar-refractivity contribution in [1.82, 2.24) is 10.6 Å². The van der Waals surface area contributed by atoms with Crippen LogP contribution in [0.2, 0.25) is 0 Å². The second-order valence-corrected chi connectivity index (χ2v) is 5.84. The van der Waals surface area contributed by atoms with E-state index in [0.29, 0.717) is 6.04 Å². The summed E-state index contributed by atoms with van der Waals surface area (Å²) >= 11 is 0. The van der Waals surface area contributed by atoms with Crippen LogP contribution in [0.3, 0.4) is 0 Å². The Morgan fingerprint density at radius 1 is 1.20 bits per heavy atom. The lowest BCUT2D eigenvalue weighted by molar-refractivity contribution is 0.487. The number of hydrogen-bond donors (Lipinski definition) is 2. The van der Waals surface area contributed by atoms with E-state index in [1.807, 2.05) is 0 Å². The fraction of sp³-hybridized carbons (Fsp3) is 0.812. The Labute approximate surface area is 141 Å². The van der Waals surface area contributed by atoms with Crippen LogP contribution >= 0.6 is 24.0 Å². The zero-order valence-corrected chi connectivity index (χ0v) is 15.1. The van der Waals surface area contributed by atoms with Crippen LogP contribution < -0.4 is 10.6 Å². The molecule has 0 unspecified atom stereocenters. The minimum atomic E-state index is 0. The fourth-order valence-electron chi connectivity index (χ4n) is 3.12. The molecule has 2 rings (SSSR count). The van der Waals surface area contributed by atoms with Gasteiger partial charge in [0.05, 0.1) is 0 Å². The molecule has 0 atom stereocenters. The van der Waals surface area contributed by atoms with Crippen molar-refractivity contribution in [3.05, 3.63) is 12.2 Å². The summed E-state index contributed by atoms with van der Waals surface area (Å²) in [6.45, 7) is 4.03. The lowest BCUT2D eigenvalue weighted by Gasteiger charge is -2.16. The van der Waals surface area contributed by atoms with Crippen LogP contribution in [-0.4, -0.2) is 25.1 Å². The molecule has 1 fully saturated rings. The maximum Gasteiger partial charge on any atom is 0.191 e. The molecule has 0 radical (unpaired) electrons. The molecule has 116 valence electrons. The van der Waals surface area contributed by atoms with Crippen LogP contribution in [0, 0.1) is 5.92 Å². The molecule has 1 saturated carbocycles. The molecule has 0 aromatic carbocycles. The summed E-state index contributed by atoms with van der Waals surface area (Å²) in [6.07, 6.45) is 15.2. The van der Waals surface area contributed by atoms with E-state index in [4.69, 9.17) is 4.99 Å². The summed E-state index contributed by atoms with van der Waals surface area (Å²) in [7, 11) is 0. The number of halogens is 1. The number of guanidine groups is 1. The molecule has 20 heavy (non-hydrogen) atoms. The zero-order valence-electron chi connectivity index (χ0n) is 12.7. The Balaban J connectivity index is 0.00000200. The second-order valence-electron chi connectivity index (χ2n) is 5.84.